The summed E-state index contributed by atoms with van der Waals surface area (Å²) in [7, 11) is 0. The Bertz CT molecular complexity index is 459. The van der Waals surface area contributed by atoms with E-state index in [1.165, 1.54) is 6.07 Å². The fourth-order valence-electron chi connectivity index (χ4n) is 2.46. The Kier molecular flexibility index (Phi) is 4.53. The molecule has 1 aliphatic carbocycles. The third kappa shape index (κ3) is 3.32. The van der Waals surface area contributed by atoms with Crippen LogP contribution in [0.25, 0.3) is 0 Å². The maximum Gasteiger partial charge on any atom is 0.222 e. The lowest BCUT2D eigenvalue weighted by molar-refractivity contribution is -0.123. The monoisotopic (exact) mass is 264 g/mol. The molecule has 4 heteroatoms. The first-order valence-corrected chi connectivity index (χ1v) is 6.88. The molecule has 0 aliphatic heterocycles. The summed E-state index contributed by atoms with van der Waals surface area (Å²) < 4.78 is 13.6. The fraction of sp³-hybridized carbons (Fsp3) is 0.533. The van der Waals surface area contributed by atoms with Gasteiger partial charge in [-0.2, -0.15) is 0 Å². The molecule has 2 rings (SSSR count). The van der Waals surface area contributed by atoms with Gasteiger partial charge >= 0.3 is 0 Å². The van der Waals surface area contributed by atoms with Crippen molar-refractivity contribution in [3.05, 3.63) is 35.1 Å². The lowest BCUT2D eigenvalue weighted by Crippen LogP contribution is -2.35. The Morgan fingerprint density at radius 3 is 2.95 bits per heavy atom. The van der Waals surface area contributed by atoms with Crippen molar-refractivity contribution in [2.45, 2.75) is 32.7 Å². The van der Waals surface area contributed by atoms with Crippen LogP contribution in [0.5, 0.6) is 0 Å². The fourth-order valence-corrected chi connectivity index (χ4v) is 2.46. The third-order valence-corrected chi connectivity index (χ3v) is 3.55. The standard InChI is InChI=1S/C15H21FN2O/c1-10(2)15(19)18-9-8-17-14-7-6-11-12(14)4-3-5-13(11)16/h3-5,10,14,17H,6-9H2,1-2H3,(H,18,19). The minimum atomic E-state index is -0.102. The van der Waals surface area contributed by atoms with E-state index in [1.807, 2.05) is 19.9 Å². The first-order chi connectivity index (χ1) is 9.09. The lowest BCUT2D eigenvalue weighted by atomic mass is 10.1. The van der Waals surface area contributed by atoms with Crippen molar-refractivity contribution in [1.29, 1.82) is 0 Å². The van der Waals surface area contributed by atoms with Crippen LogP contribution in [0.1, 0.15) is 37.4 Å². The van der Waals surface area contributed by atoms with Crippen LogP contribution in [0.15, 0.2) is 18.2 Å². The molecule has 104 valence electrons. The van der Waals surface area contributed by atoms with Crippen LogP contribution < -0.4 is 10.6 Å². The molecule has 0 saturated carbocycles. The normalized spacial score (nSPS) is 17.6. The summed E-state index contributed by atoms with van der Waals surface area (Å²) in [4.78, 5) is 11.4. The first kappa shape index (κ1) is 14.0. The Morgan fingerprint density at radius 2 is 2.21 bits per heavy atom. The summed E-state index contributed by atoms with van der Waals surface area (Å²) in [5.74, 6) is -0.0177. The van der Waals surface area contributed by atoms with Gasteiger partial charge in [0, 0.05) is 25.0 Å². The molecule has 0 radical (unpaired) electrons. The summed E-state index contributed by atoms with van der Waals surface area (Å²) in [5.41, 5.74) is 1.90. The second-order valence-corrected chi connectivity index (χ2v) is 5.30. The van der Waals surface area contributed by atoms with E-state index in [2.05, 4.69) is 10.6 Å². The van der Waals surface area contributed by atoms with E-state index in [0.717, 1.165) is 24.0 Å². The van der Waals surface area contributed by atoms with Crippen molar-refractivity contribution in [1.82, 2.24) is 10.6 Å². The predicted octanol–water partition coefficient (Wildman–Crippen LogP) is 2.17. The summed E-state index contributed by atoms with van der Waals surface area (Å²) in [6.07, 6.45) is 1.71. The highest BCUT2D eigenvalue weighted by Crippen LogP contribution is 2.32. The molecule has 0 saturated heterocycles. The summed E-state index contributed by atoms with van der Waals surface area (Å²) in [6, 6.07) is 5.47. The highest BCUT2D eigenvalue weighted by Gasteiger charge is 2.23. The number of fused-ring (bicyclic) bond motifs is 1. The number of benzene rings is 1. The van der Waals surface area contributed by atoms with Crippen LogP contribution in [-0.2, 0) is 11.2 Å². The van der Waals surface area contributed by atoms with E-state index in [0.29, 0.717) is 13.1 Å². The minimum Gasteiger partial charge on any atom is -0.355 e. The van der Waals surface area contributed by atoms with Gasteiger partial charge in [0.05, 0.1) is 0 Å². The van der Waals surface area contributed by atoms with Crippen LogP contribution >= 0.6 is 0 Å². The minimum absolute atomic E-state index is 0.0151. The van der Waals surface area contributed by atoms with Gasteiger partial charge in [-0.3, -0.25) is 4.79 Å². The van der Waals surface area contributed by atoms with Crippen LogP contribution in [0.3, 0.4) is 0 Å². The number of halogens is 1. The largest absolute Gasteiger partial charge is 0.355 e. The van der Waals surface area contributed by atoms with Crippen LogP contribution in [0.4, 0.5) is 4.39 Å². The zero-order valence-electron chi connectivity index (χ0n) is 11.5. The Labute approximate surface area is 113 Å². The van der Waals surface area contributed by atoms with Crippen LogP contribution in [0, 0.1) is 11.7 Å². The van der Waals surface area contributed by atoms with Crippen molar-refractivity contribution in [2.24, 2.45) is 5.92 Å². The number of hydrogen-bond donors (Lipinski definition) is 2. The molecule has 2 N–H and O–H groups in total. The van der Waals surface area contributed by atoms with Crippen molar-refractivity contribution in [2.75, 3.05) is 13.1 Å². The van der Waals surface area contributed by atoms with Gasteiger partial charge in [0.2, 0.25) is 5.91 Å². The second kappa shape index (κ2) is 6.15. The molecule has 1 aliphatic rings. The third-order valence-electron chi connectivity index (χ3n) is 3.55. The van der Waals surface area contributed by atoms with Gasteiger partial charge in [-0.25, -0.2) is 4.39 Å². The topological polar surface area (TPSA) is 41.1 Å². The van der Waals surface area contributed by atoms with Crippen LogP contribution in [0.2, 0.25) is 0 Å². The predicted molar refractivity (Wildman–Crippen MR) is 73.3 cm³/mol. The average Bonchev–Trinajstić information content (AvgIpc) is 2.79. The molecule has 1 amide bonds. The number of rotatable bonds is 5. The zero-order chi connectivity index (χ0) is 13.8. The van der Waals surface area contributed by atoms with Crippen molar-refractivity contribution >= 4 is 5.91 Å². The summed E-state index contributed by atoms with van der Waals surface area (Å²) in [6.45, 7) is 5.06. The summed E-state index contributed by atoms with van der Waals surface area (Å²) in [5, 5.41) is 6.24. The molecule has 3 nitrogen and oxygen atoms in total. The SMILES string of the molecule is CC(C)C(=O)NCCNC1CCc2c(F)cccc21. The molecule has 0 aromatic heterocycles. The molecular weight excluding hydrogens is 243 g/mol. The zero-order valence-corrected chi connectivity index (χ0v) is 11.5. The van der Waals surface area contributed by atoms with Gasteiger partial charge in [-0.05, 0) is 30.0 Å². The molecule has 1 atom stereocenters. The Morgan fingerprint density at radius 1 is 1.42 bits per heavy atom. The van der Waals surface area contributed by atoms with E-state index in [9.17, 15) is 9.18 Å². The second-order valence-electron chi connectivity index (χ2n) is 5.30. The smallest absolute Gasteiger partial charge is 0.222 e. The highest BCUT2D eigenvalue weighted by molar-refractivity contribution is 5.77. The van der Waals surface area contributed by atoms with Crippen molar-refractivity contribution < 1.29 is 9.18 Å². The van der Waals surface area contributed by atoms with E-state index in [1.54, 1.807) is 6.07 Å². The summed E-state index contributed by atoms with van der Waals surface area (Å²) >= 11 is 0. The maximum absolute atomic E-state index is 13.6. The van der Waals surface area contributed by atoms with Crippen LogP contribution in [-0.4, -0.2) is 19.0 Å². The molecule has 1 aromatic carbocycles. The van der Waals surface area contributed by atoms with Gasteiger partial charge in [-0.15, -0.1) is 0 Å². The number of amides is 1. The molecular formula is C15H21FN2O. The number of hydrogen-bond acceptors (Lipinski definition) is 2. The molecule has 1 unspecified atom stereocenters. The Balaban J connectivity index is 1.81. The molecule has 0 bridgehead atoms. The lowest BCUT2D eigenvalue weighted by Gasteiger charge is -2.15. The van der Waals surface area contributed by atoms with Gasteiger partial charge in [-0.1, -0.05) is 26.0 Å². The molecule has 19 heavy (non-hydrogen) atoms. The first-order valence-electron chi connectivity index (χ1n) is 6.88. The number of carbonyl (C=O) groups excluding carboxylic acids is 1. The van der Waals surface area contributed by atoms with E-state index in [-0.39, 0.29) is 23.7 Å². The van der Waals surface area contributed by atoms with Gasteiger partial charge in [0.25, 0.3) is 0 Å². The number of nitrogens with one attached hydrogen (secondary N) is 2. The van der Waals surface area contributed by atoms with E-state index >= 15 is 0 Å². The molecule has 0 fully saturated rings. The van der Waals surface area contributed by atoms with Gasteiger partial charge < -0.3 is 10.6 Å². The van der Waals surface area contributed by atoms with Gasteiger partial charge in [0.1, 0.15) is 5.82 Å². The van der Waals surface area contributed by atoms with Gasteiger partial charge in [0.15, 0.2) is 0 Å². The molecule has 1 aromatic rings. The van der Waals surface area contributed by atoms with E-state index in [4.69, 9.17) is 0 Å². The van der Waals surface area contributed by atoms with E-state index < -0.39 is 0 Å². The quantitative estimate of drug-likeness (QED) is 0.800. The number of carbonyl (C=O) groups is 1. The average molecular weight is 264 g/mol. The van der Waals surface area contributed by atoms with Crippen molar-refractivity contribution in [3.8, 4) is 0 Å². The highest BCUT2D eigenvalue weighted by atomic mass is 19.1. The molecule has 0 spiro atoms. The van der Waals surface area contributed by atoms with Crippen molar-refractivity contribution in [3.63, 3.8) is 0 Å². The maximum atomic E-state index is 13.6. The molecule has 0 heterocycles. The Hall–Kier alpha value is -1.42.